The Hall–Kier alpha value is -3.00. The van der Waals surface area contributed by atoms with E-state index < -0.39 is 21.9 Å². The monoisotopic (exact) mass is 439 g/mol. The van der Waals surface area contributed by atoms with Crippen LogP contribution < -0.4 is 5.32 Å². The summed E-state index contributed by atoms with van der Waals surface area (Å²) in [6.07, 6.45) is 1.22. The Balaban J connectivity index is 1.62. The van der Waals surface area contributed by atoms with E-state index in [-0.39, 0.29) is 10.5 Å². The minimum atomic E-state index is -3.67. The summed E-state index contributed by atoms with van der Waals surface area (Å²) in [6, 6.07) is 21.5. The number of rotatable bonds is 9. The molecule has 0 aliphatic heterocycles. The second-order valence-corrected chi connectivity index (χ2v) is 9.35. The molecular formula is C24H25NO5S. The number of hydrogen-bond acceptors (Lipinski definition) is 5. The second-order valence-electron chi connectivity index (χ2n) is 7.37. The van der Waals surface area contributed by atoms with Crippen LogP contribution in [0.3, 0.4) is 0 Å². The van der Waals surface area contributed by atoms with Crippen molar-refractivity contribution in [2.45, 2.75) is 17.4 Å². The first kappa shape index (κ1) is 22.7. The highest BCUT2D eigenvalue weighted by Gasteiger charge is 2.19. The number of aliphatic hydroxyl groups excluding tert-OH is 1. The Kier molecular flexibility index (Phi) is 7.22. The molecule has 0 radical (unpaired) electrons. The molecule has 6 nitrogen and oxygen atoms in total. The highest BCUT2D eigenvalue weighted by molar-refractivity contribution is 7.90. The van der Waals surface area contributed by atoms with Gasteiger partial charge in [-0.15, -0.1) is 0 Å². The zero-order valence-electron chi connectivity index (χ0n) is 17.2. The molecule has 0 saturated heterocycles. The highest BCUT2D eigenvalue weighted by Crippen LogP contribution is 2.26. The predicted molar refractivity (Wildman–Crippen MR) is 120 cm³/mol. The summed E-state index contributed by atoms with van der Waals surface area (Å²) in [5, 5.41) is 22.7. The molecular weight excluding hydrogens is 414 g/mol. The van der Waals surface area contributed by atoms with E-state index in [1.165, 1.54) is 12.1 Å². The lowest BCUT2D eigenvalue weighted by Crippen LogP contribution is -2.23. The van der Waals surface area contributed by atoms with Crippen LogP contribution in [-0.2, 0) is 16.3 Å². The lowest BCUT2D eigenvalue weighted by Gasteiger charge is -2.12. The summed E-state index contributed by atoms with van der Waals surface area (Å²) in [4.78, 5) is 11.1. The largest absolute Gasteiger partial charge is 0.478 e. The van der Waals surface area contributed by atoms with Gasteiger partial charge in [0.2, 0.25) is 0 Å². The molecule has 0 saturated carbocycles. The van der Waals surface area contributed by atoms with E-state index in [1.807, 2.05) is 54.6 Å². The van der Waals surface area contributed by atoms with E-state index in [4.69, 9.17) is 0 Å². The van der Waals surface area contributed by atoms with Gasteiger partial charge in [-0.05, 0) is 47.4 Å². The van der Waals surface area contributed by atoms with Crippen LogP contribution in [-0.4, -0.2) is 43.9 Å². The number of aliphatic hydroxyl groups is 1. The molecule has 0 aliphatic rings. The fraction of sp³-hybridized carbons (Fsp3) is 0.208. The molecule has 3 N–H and O–H groups in total. The van der Waals surface area contributed by atoms with Crippen LogP contribution in [0.15, 0.2) is 77.7 Å². The van der Waals surface area contributed by atoms with Gasteiger partial charge in [0.15, 0.2) is 9.84 Å². The number of carboxylic acids is 1. The summed E-state index contributed by atoms with van der Waals surface area (Å²) >= 11 is 0. The van der Waals surface area contributed by atoms with Crippen molar-refractivity contribution in [3.8, 4) is 11.1 Å². The van der Waals surface area contributed by atoms with E-state index in [9.17, 15) is 23.4 Å². The Morgan fingerprint density at radius 3 is 2.23 bits per heavy atom. The van der Waals surface area contributed by atoms with Gasteiger partial charge in [-0.1, -0.05) is 60.7 Å². The summed E-state index contributed by atoms with van der Waals surface area (Å²) in [6.45, 7) is 1.17. The van der Waals surface area contributed by atoms with Gasteiger partial charge in [0.05, 0.1) is 16.6 Å². The van der Waals surface area contributed by atoms with Gasteiger partial charge >= 0.3 is 5.97 Å². The van der Waals surface area contributed by atoms with Crippen LogP contribution in [0.1, 0.15) is 27.6 Å². The molecule has 0 aliphatic carbocycles. The Labute approximate surface area is 182 Å². The van der Waals surface area contributed by atoms with Crippen molar-refractivity contribution in [2.24, 2.45) is 0 Å². The second kappa shape index (κ2) is 9.87. The van der Waals surface area contributed by atoms with Crippen molar-refractivity contribution in [2.75, 3.05) is 19.3 Å². The lowest BCUT2D eigenvalue weighted by atomic mass is 10.0. The van der Waals surface area contributed by atoms with E-state index in [0.29, 0.717) is 18.7 Å². The molecule has 31 heavy (non-hydrogen) atoms. The van der Waals surface area contributed by atoms with E-state index in [2.05, 4.69) is 5.32 Å². The van der Waals surface area contributed by atoms with E-state index >= 15 is 0 Å². The van der Waals surface area contributed by atoms with Gasteiger partial charge in [-0.3, -0.25) is 0 Å². The first-order valence-corrected chi connectivity index (χ1v) is 11.8. The number of aromatic carboxylic acids is 1. The Bertz CT molecular complexity index is 1140. The Morgan fingerprint density at radius 1 is 0.968 bits per heavy atom. The average Bonchev–Trinajstić information content (AvgIpc) is 2.76. The zero-order valence-corrected chi connectivity index (χ0v) is 18.0. The molecule has 0 heterocycles. The van der Waals surface area contributed by atoms with Crippen molar-refractivity contribution < 1.29 is 23.4 Å². The summed E-state index contributed by atoms with van der Waals surface area (Å²) in [7, 11) is -3.67. The molecule has 0 fully saturated rings. The number of carbonyl (C=O) groups is 1. The standard InChI is InChI=1S/C24H25NO5S/c1-31(29,30)23-15-20(11-12-21(23)24(27)28)18-9-7-17(8-10-18)13-14-25-16-22(26)19-5-3-2-4-6-19/h2-12,15,22,25-26H,13-14,16H2,1H3,(H,27,28)/t22-/m0/s1. The highest BCUT2D eigenvalue weighted by atomic mass is 32.2. The van der Waals surface area contributed by atoms with Crippen molar-refractivity contribution >= 4 is 15.8 Å². The fourth-order valence-corrected chi connectivity index (χ4v) is 4.21. The molecule has 0 spiro atoms. The predicted octanol–water partition coefficient (Wildman–Crippen LogP) is 3.32. The molecule has 0 aromatic heterocycles. The van der Waals surface area contributed by atoms with Crippen LogP contribution >= 0.6 is 0 Å². The number of carboxylic acid groups (broad SMARTS) is 1. The van der Waals surface area contributed by atoms with Crippen molar-refractivity contribution in [3.63, 3.8) is 0 Å². The van der Waals surface area contributed by atoms with Crippen LogP contribution in [0.2, 0.25) is 0 Å². The molecule has 1 atom stereocenters. The van der Waals surface area contributed by atoms with Gasteiger partial charge < -0.3 is 15.5 Å². The first-order valence-electron chi connectivity index (χ1n) is 9.86. The third-order valence-corrected chi connectivity index (χ3v) is 6.15. The molecule has 3 aromatic carbocycles. The number of benzene rings is 3. The number of hydrogen-bond donors (Lipinski definition) is 3. The van der Waals surface area contributed by atoms with Crippen LogP contribution in [0.25, 0.3) is 11.1 Å². The van der Waals surface area contributed by atoms with Crippen LogP contribution in [0, 0.1) is 0 Å². The maximum Gasteiger partial charge on any atom is 0.337 e. The molecule has 0 amide bonds. The van der Waals surface area contributed by atoms with Crippen LogP contribution in [0.4, 0.5) is 0 Å². The maximum absolute atomic E-state index is 12.0. The smallest absolute Gasteiger partial charge is 0.337 e. The summed E-state index contributed by atoms with van der Waals surface area (Å²) in [5.74, 6) is -1.27. The average molecular weight is 440 g/mol. The maximum atomic E-state index is 12.0. The number of sulfone groups is 1. The topological polar surface area (TPSA) is 104 Å². The van der Waals surface area contributed by atoms with Gasteiger partial charge in [-0.25, -0.2) is 13.2 Å². The Morgan fingerprint density at radius 2 is 1.61 bits per heavy atom. The molecule has 7 heteroatoms. The van der Waals surface area contributed by atoms with Crippen LogP contribution in [0.5, 0.6) is 0 Å². The van der Waals surface area contributed by atoms with Gasteiger partial charge in [-0.2, -0.15) is 0 Å². The first-order chi connectivity index (χ1) is 14.8. The third-order valence-electron chi connectivity index (χ3n) is 5.01. The zero-order chi connectivity index (χ0) is 22.4. The van der Waals surface area contributed by atoms with Crippen molar-refractivity contribution in [1.29, 1.82) is 0 Å². The van der Waals surface area contributed by atoms with Crippen molar-refractivity contribution in [3.05, 3.63) is 89.5 Å². The molecule has 162 valence electrons. The number of nitrogens with one attached hydrogen (secondary N) is 1. The van der Waals surface area contributed by atoms with Gasteiger partial charge in [0.25, 0.3) is 0 Å². The minimum Gasteiger partial charge on any atom is -0.478 e. The van der Waals surface area contributed by atoms with Gasteiger partial charge in [0, 0.05) is 12.8 Å². The molecule has 3 aromatic rings. The fourth-order valence-electron chi connectivity index (χ4n) is 3.31. The van der Waals surface area contributed by atoms with E-state index in [1.54, 1.807) is 6.07 Å². The minimum absolute atomic E-state index is 0.192. The summed E-state index contributed by atoms with van der Waals surface area (Å²) in [5.41, 5.74) is 3.18. The SMILES string of the molecule is CS(=O)(=O)c1cc(-c2ccc(CCNC[C@H](O)c3ccccc3)cc2)ccc1C(=O)O. The van der Waals surface area contributed by atoms with Crippen molar-refractivity contribution in [1.82, 2.24) is 5.32 Å². The third kappa shape index (κ3) is 6.01. The molecule has 0 bridgehead atoms. The molecule has 3 rings (SSSR count). The quantitative estimate of drug-likeness (QED) is 0.442. The van der Waals surface area contributed by atoms with E-state index in [0.717, 1.165) is 29.4 Å². The van der Waals surface area contributed by atoms with Gasteiger partial charge in [0.1, 0.15) is 0 Å². The lowest BCUT2D eigenvalue weighted by molar-refractivity contribution is 0.0692. The normalized spacial score (nSPS) is 12.5. The summed E-state index contributed by atoms with van der Waals surface area (Å²) < 4.78 is 24.0. The molecule has 0 unspecified atom stereocenters.